The topological polar surface area (TPSA) is 46.0 Å². The van der Waals surface area contributed by atoms with Gasteiger partial charge in [-0.3, -0.25) is 4.99 Å². The van der Waals surface area contributed by atoms with Crippen molar-refractivity contribution in [3.63, 3.8) is 0 Å². The summed E-state index contributed by atoms with van der Waals surface area (Å²) >= 11 is 0. The van der Waals surface area contributed by atoms with E-state index in [9.17, 15) is 0 Å². The molecular formula is C47H34N4. The van der Waals surface area contributed by atoms with Gasteiger partial charge in [-0.1, -0.05) is 127 Å². The summed E-state index contributed by atoms with van der Waals surface area (Å²) in [4.78, 5) is 14.4. The fraction of sp³-hybridized carbons (Fsp3) is 0.0213. The van der Waals surface area contributed by atoms with E-state index in [0.29, 0.717) is 6.54 Å². The number of aromatic amines is 1. The lowest BCUT2D eigenvalue weighted by Gasteiger charge is -2.12. The number of aromatic nitrogens is 3. The first kappa shape index (κ1) is 30.3. The molecule has 3 aromatic heterocycles. The van der Waals surface area contributed by atoms with Crippen LogP contribution in [0, 0.1) is 0 Å². The Hall–Kier alpha value is -6.78. The Balaban J connectivity index is 1.53. The molecule has 0 atom stereocenters. The fourth-order valence-corrected chi connectivity index (χ4v) is 7.38. The van der Waals surface area contributed by atoms with E-state index in [-0.39, 0.29) is 0 Å². The van der Waals surface area contributed by atoms with Gasteiger partial charge in [0.1, 0.15) is 0 Å². The van der Waals surface area contributed by atoms with Crippen molar-refractivity contribution in [1.82, 2.24) is 14.5 Å². The van der Waals surface area contributed by atoms with Gasteiger partial charge in [0.2, 0.25) is 0 Å². The van der Waals surface area contributed by atoms with Crippen LogP contribution in [0.2, 0.25) is 0 Å². The molecule has 0 radical (unpaired) electrons. The van der Waals surface area contributed by atoms with Crippen LogP contribution in [0.25, 0.3) is 78.7 Å². The predicted octanol–water partition coefficient (Wildman–Crippen LogP) is 12.2. The Labute approximate surface area is 297 Å². The summed E-state index contributed by atoms with van der Waals surface area (Å²) in [7, 11) is 0. The van der Waals surface area contributed by atoms with Gasteiger partial charge in [0.05, 0.1) is 28.1 Å². The third-order valence-corrected chi connectivity index (χ3v) is 9.61. The normalized spacial score (nSPS) is 11.9. The number of allylic oxidation sites excluding steroid dienone is 1. The SMILES string of the molecule is C=CCn1c2ccc1c(-c1ccccc1)c1nc(c(-c3ccccc3)c3ccc([nH]3)c(-c3ccccc3)c3cc(c2-c2ccccc2)C=N3)C=C1. The molecule has 7 aromatic rings. The molecule has 2 aliphatic heterocycles. The first-order valence-corrected chi connectivity index (χ1v) is 17.2. The zero-order valence-electron chi connectivity index (χ0n) is 28.0. The van der Waals surface area contributed by atoms with Crippen LogP contribution in [-0.4, -0.2) is 20.7 Å². The molecule has 0 unspecified atom stereocenters. The number of aliphatic imine (C=N–C) groups is 1. The van der Waals surface area contributed by atoms with Crippen LogP contribution in [0.1, 0.15) is 17.0 Å². The molecule has 0 spiro atoms. The highest BCUT2D eigenvalue weighted by Crippen LogP contribution is 2.41. The molecule has 0 saturated carbocycles. The maximum absolute atomic E-state index is 5.43. The molecule has 5 heterocycles. The number of hydrogen-bond donors (Lipinski definition) is 1. The Morgan fingerprint density at radius 3 is 1.57 bits per heavy atom. The summed E-state index contributed by atoms with van der Waals surface area (Å²) in [6, 6.07) is 53.3. The van der Waals surface area contributed by atoms with Gasteiger partial charge in [-0.05, 0) is 64.7 Å². The lowest BCUT2D eigenvalue weighted by Crippen LogP contribution is -1.99. The molecule has 242 valence electrons. The van der Waals surface area contributed by atoms with Crippen molar-refractivity contribution in [3.8, 4) is 44.5 Å². The lowest BCUT2D eigenvalue weighted by molar-refractivity contribution is 0.900. The zero-order chi connectivity index (χ0) is 34.1. The van der Waals surface area contributed by atoms with E-state index in [1.165, 1.54) is 0 Å². The van der Waals surface area contributed by atoms with Gasteiger partial charge in [-0.25, -0.2) is 4.98 Å². The van der Waals surface area contributed by atoms with E-state index in [0.717, 1.165) is 89.2 Å². The van der Waals surface area contributed by atoms with E-state index in [4.69, 9.17) is 9.98 Å². The van der Waals surface area contributed by atoms with Crippen molar-refractivity contribution in [1.29, 1.82) is 0 Å². The number of hydrogen-bond acceptors (Lipinski definition) is 2. The minimum Gasteiger partial charge on any atom is -0.354 e. The molecule has 8 bridgehead atoms. The van der Waals surface area contributed by atoms with Crippen LogP contribution in [0.15, 0.2) is 169 Å². The molecule has 2 aliphatic rings. The smallest absolute Gasteiger partial charge is 0.0737 e. The molecule has 0 aliphatic carbocycles. The number of rotatable bonds is 6. The number of nitrogens with zero attached hydrogens (tertiary/aromatic N) is 3. The second-order valence-corrected chi connectivity index (χ2v) is 12.7. The zero-order valence-corrected chi connectivity index (χ0v) is 28.0. The van der Waals surface area contributed by atoms with Gasteiger partial charge in [0.25, 0.3) is 0 Å². The molecule has 4 aromatic carbocycles. The van der Waals surface area contributed by atoms with E-state index in [1.54, 1.807) is 0 Å². The summed E-state index contributed by atoms with van der Waals surface area (Å²) in [5.41, 5.74) is 16.5. The summed E-state index contributed by atoms with van der Waals surface area (Å²) in [6.07, 6.45) is 8.29. The standard InChI is InChI=1S/C47H34N4/c1-2-29-51-42-27-28-43(51)47(35-21-13-6-14-22-35)40-26-25-38(50-40)45(33-17-9-4-10-18-33)37-23-24-39(49-37)46(34-19-11-5-12-20-34)41-30-36(31-48-41)44(42)32-15-7-3-8-16-32/h2-28,30-31,49H,1,29H2. The molecule has 4 heteroatoms. The molecule has 9 rings (SSSR count). The minimum absolute atomic E-state index is 0.616. The maximum Gasteiger partial charge on any atom is 0.0737 e. The van der Waals surface area contributed by atoms with Crippen molar-refractivity contribution in [2.24, 2.45) is 4.99 Å². The van der Waals surface area contributed by atoms with Crippen molar-refractivity contribution in [2.75, 3.05) is 0 Å². The van der Waals surface area contributed by atoms with Crippen LogP contribution >= 0.6 is 0 Å². The van der Waals surface area contributed by atoms with Gasteiger partial charge in [-0.15, -0.1) is 6.58 Å². The quantitative estimate of drug-likeness (QED) is 0.178. The summed E-state index contributed by atoms with van der Waals surface area (Å²) in [6.45, 7) is 4.81. The highest BCUT2D eigenvalue weighted by molar-refractivity contribution is 6.05. The Kier molecular flexibility index (Phi) is 7.67. The first-order valence-electron chi connectivity index (χ1n) is 17.2. The van der Waals surface area contributed by atoms with E-state index in [2.05, 4.69) is 180 Å². The molecule has 0 fully saturated rings. The van der Waals surface area contributed by atoms with Gasteiger partial charge in [-0.2, -0.15) is 0 Å². The largest absolute Gasteiger partial charge is 0.354 e. The second kappa shape index (κ2) is 12.9. The van der Waals surface area contributed by atoms with Gasteiger partial charge < -0.3 is 9.55 Å². The van der Waals surface area contributed by atoms with Crippen molar-refractivity contribution < 1.29 is 0 Å². The van der Waals surface area contributed by atoms with Crippen molar-refractivity contribution in [2.45, 2.75) is 6.54 Å². The summed E-state index contributed by atoms with van der Waals surface area (Å²) < 4.78 is 2.37. The van der Waals surface area contributed by atoms with E-state index >= 15 is 0 Å². The molecule has 4 nitrogen and oxygen atoms in total. The number of nitrogens with one attached hydrogen (secondary N) is 1. The Bertz CT molecular complexity index is 2470. The monoisotopic (exact) mass is 654 g/mol. The molecule has 0 amide bonds. The summed E-state index contributed by atoms with van der Waals surface area (Å²) in [5.74, 6) is 0. The average molecular weight is 655 g/mol. The van der Waals surface area contributed by atoms with Gasteiger partial charge in [0, 0.05) is 51.6 Å². The van der Waals surface area contributed by atoms with E-state index < -0.39 is 0 Å². The Morgan fingerprint density at radius 1 is 0.529 bits per heavy atom. The van der Waals surface area contributed by atoms with Gasteiger partial charge in [0.15, 0.2) is 0 Å². The summed E-state index contributed by atoms with van der Waals surface area (Å²) in [5, 5.41) is 0. The van der Waals surface area contributed by atoms with Gasteiger partial charge >= 0.3 is 0 Å². The van der Waals surface area contributed by atoms with Crippen molar-refractivity contribution >= 4 is 46.1 Å². The van der Waals surface area contributed by atoms with Crippen LogP contribution in [0.5, 0.6) is 0 Å². The fourth-order valence-electron chi connectivity index (χ4n) is 7.38. The molecule has 51 heavy (non-hydrogen) atoms. The highest BCUT2D eigenvalue weighted by Gasteiger charge is 2.20. The third kappa shape index (κ3) is 5.44. The first-order chi connectivity index (χ1) is 25.3. The molecular weight excluding hydrogens is 621 g/mol. The highest BCUT2D eigenvalue weighted by atomic mass is 15.0. The number of benzene rings is 4. The van der Waals surface area contributed by atoms with Crippen LogP contribution < -0.4 is 0 Å². The Morgan fingerprint density at radius 2 is 1.00 bits per heavy atom. The van der Waals surface area contributed by atoms with Crippen LogP contribution in [0.3, 0.4) is 0 Å². The minimum atomic E-state index is 0.616. The van der Waals surface area contributed by atoms with Crippen molar-refractivity contribution in [3.05, 3.63) is 181 Å². The third-order valence-electron chi connectivity index (χ3n) is 9.61. The predicted molar refractivity (Wildman–Crippen MR) is 215 cm³/mol. The van der Waals surface area contributed by atoms with E-state index in [1.807, 2.05) is 12.3 Å². The van der Waals surface area contributed by atoms with Crippen LogP contribution in [0.4, 0.5) is 5.69 Å². The second-order valence-electron chi connectivity index (χ2n) is 12.7. The molecule has 0 saturated heterocycles. The average Bonchev–Trinajstić information content (AvgIpc) is 4.02. The lowest BCUT2D eigenvalue weighted by atomic mass is 10.0. The number of fused-ring (bicyclic) bond motifs is 8. The number of H-pyrrole nitrogens is 1. The molecule has 1 N–H and O–H groups in total. The van der Waals surface area contributed by atoms with Crippen LogP contribution in [-0.2, 0) is 6.54 Å². The maximum atomic E-state index is 5.43.